The summed E-state index contributed by atoms with van der Waals surface area (Å²) in [6.45, 7) is 11.6. The average Bonchev–Trinajstić information content (AvgIpc) is 2.91. The molecule has 0 atom stereocenters. The summed E-state index contributed by atoms with van der Waals surface area (Å²) in [5.41, 5.74) is 3.48. The molecule has 5 nitrogen and oxygen atoms in total. The lowest BCUT2D eigenvalue weighted by Crippen LogP contribution is -2.16. The number of hydrogen-bond donors (Lipinski definition) is 1. The molecule has 0 saturated heterocycles. The van der Waals surface area contributed by atoms with Gasteiger partial charge in [0.25, 0.3) is 0 Å². The molecule has 0 radical (unpaired) electrons. The number of anilines is 1. The fraction of sp³-hybridized carbons (Fsp3) is 0.600. The molecule has 0 aromatic carbocycles. The zero-order chi connectivity index (χ0) is 14.9. The van der Waals surface area contributed by atoms with Crippen LogP contribution in [-0.4, -0.2) is 19.6 Å². The summed E-state index contributed by atoms with van der Waals surface area (Å²) >= 11 is 0. The van der Waals surface area contributed by atoms with Crippen molar-refractivity contribution in [1.29, 1.82) is 0 Å². The van der Waals surface area contributed by atoms with Crippen molar-refractivity contribution in [1.82, 2.24) is 19.6 Å². The lowest BCUT2D eigenvalue weighted by Gasteiger charge is -2.17. The minimum absolute atomic E-state index is 0.0559. The van der Waals surface area contributed by atoms with E-state index >= 15 is 0 Å². The van der Waals surface area contributed by atoms with Crippen molar-refractivity contribution in [2.24, 2.45) is 7.05 Å². The Hall–Kier alpha value is -1.78. The Labute approximate surface area is 121 Å². The highest BCUT2D eigenvalue weighted by atomic mass is 15.3. The van der Waals surface area contributed by atoms with Gasteiger partial charge in [0.15, 0.2) is 0 Å². The van der Waals surface area contributed by atoms with Gasteiger partial charge in [-0.3, -0.25) is 9.36 Å². The summed E-state index contributed by atoms with van der Waals surface area (Å²) in [6.07, 6.45) is 5.99. The lowest BCUT2D eigenvalue weighted by molar-refractivity contribution is 0.532. The van der Waals surface area contributed by atoms with E-state index in [0.717, 1.165) is 17.9 Å². The predicted octanol–water partition coefficient (Wildman–Crippen LogP) is 3.11. The smallest absolute Gasteiger partial charge is 0.0729 e. The van der Waals surface area contributed by atoms with E-state index in [1.807, 2.05) is 28.8 Å². The molecule has 0 fully saturated rings. The largest absolute Gasteiger partial charge is 0.378 e. The maximum atomic E-state index is 4.58. The van der Waals surface area contributed by atoms with Crippen LogP contribution in [0.2, 0.25) is 0 Å². The number of aryl methyl sites for hydroxylation is 1. The van der Waals surface area contributed by atoms with E-state index in [-0.39, 0.29) is 5.41 Å². The van der Waals surface area contributed by atoms with Crippen LogP contribution in [0.1, 0.15) is 51.9 Å². The first-order valence-corrected chi connectivity index (χ1v) is 7.08. The fourth-order valence-electron chi connectivity index (χ4n) is 2.21. The van der Waals surface area contributed by atoms with Gasteiger partial charge in [-0.15, -0.1) is 0 Å². The molecular formula is C15H25N5. The minimum Gasteiger partial charge on any atom is -0.378 e. The SMILES string of the molecule is CC(C)n1cc(NCc2cn(C)nc2C(C)(C)C)cn1. The first kappa shape index (κ1) is 14.6. The highest BCUT2D eigenvalue weighted by Crippen LogP contribution is 2.24. The molecule has 0 spiro atoms. The molecule has 5 heteroatoms. The third kappa shape index (κ3) is 3.21. The second-order valence-electron chi connectivity index (χ2n) is 6.58. The van der Waals surface area contributed by atoms with Crippen molar-refractivity contribution in [2.45, 2.75) is 52.6 Å². The zero-order valence-corrected chi connectivity index (χ0v) is 13.3. The third-order valence-electron chi connectivity index (χ3n) is 3.23. The molecule has 1 N–H and O–H groups in total. The Morgan fingerprint density at radius 3 is 2.50 bits per heavy atom. The molecule has 110 valence electrons. The summed E-state index contributed by atoms with van der Waals surface area (Å²) < 4.78 is 3.84. The van der Waals surface area contributed by atoms with Gasteiger partial charge in [-0.25, -0.2) is 0 Å². The van der Waals surface area contributed by atoms with Crippen LogP contribution in [0, 0.1) is 0 Å². The fourth-order valence-corrected chi connectivity index (χ4v) is 2.21. The number of rotatable bonds is 4. The molecule has 0 bridgehead atoms. The molecule has 0 aliphatic carbocycles. The summed E-state index contributed by atoms with van der Waals surface area (Å²) in [5, 5.41) is 12.3. The quantitative estimate of drug-likeness (QED) is 0.932. The van der Waals surface area contributed by atoms with E-state index in [4.69, 9.17) is 0 Å². The molecule has 2 heterocycles. The Morgan fingerprint density at radius 1 is 1.25 bits per heavy atom. The Balaban J connectivity index is 2.10. The molecule has 2 aromatic rings. The maximum Gasteiger partial charge on any atom is 0.0729 e. The molecule has 0 amide bonds. The van der Waals surface area contributed by atoms with Gasteiger partial charge in [0.2, 0.25) is 0 Å². The van der Waals surface area contributed by atoms with E-state index in [1.54, 1.807) is 0 Å². The van der Waals surface area contributed by atoms with Crippen LogP contribution in [0.25, 0.3) is 0 Å². The van der Waals surface area contributed by atoms with Gasteiger partial charge in [0.1, 0.15) is 0 Å². The summed E-state index contributed by atoms with van der Waals surface area (Å²) in [6, 6.07) is 0.383. The van der Waals surface area contributed by atoms with Crippen LogP contribution in [0.4, 0.5) is 5.69 Å². The first-order chi connectivity index (χ1) is 9.27. The summed E-state index contributed by atoms with van der Waals surface area (Å²) in [5.74, 6) is 0. The topological polar surface area (TPSA) is 47.7 Å². The van der Waals surface area contributed by atoms with Crippen molar-refractivity contribution in [3.63, 3.8) is 0 Å². The Morgan fingerprint density at radius 2 is 1.95 bits per heavy atom. The van der Waals surface area contributed by atoms with Gasteiger partial charge < -0.3 is 5.32 Å². The van der Waals surface area contributed by atoms with Gasteiger partial charge in [-0.1, -0.05) is 20.8 Å². The van der Waals surface area contributed by atoms with Crippen molar-refractivity contribution < 1.29 is 0 Å². The van der Waals surface area contributed by atoms with E-state index < -0.39 is 0 Å². The van der Waals surface area contributed by atoms with Crippen molar-refractivity contribution >= 4 is 5.69 Å². The van der Waals surface area contributed by atoms with Crippen LogP contribution < -0.4 is 5.32 Å². The monoisotopic (exact) mass is 275 g/mol. The van der Waals surface area contributed by atoms with Crippen LogP contribution in [0.3, 0.4) is 0 Å². The molecule has 2 aromatic heterocycles. The number of nitrogens with zero attached hydrogens (tertiary/aromatic N) is 4. The van der Waals surface area contributed by atoms with Crippen LogP contribution >= 0.6 is 0 Å². The number of aromatic nitrogens is 4. The number of hydrogen-bond acceptors (Lipinski definition) is 3. The first-order valence-electron chi connectivity index (χ1n) is 7.08. The van der Waals surface area contributed by atoms with Crippen molar-refractivity contribution in [3.05, 3.63) is 29.8 Å². The van der Waals surface area contributed by atoms with E-state index in [2.05, 4.69) is 56.3 Å². The van der Waals surface area contributed by atoms with Gasteiger partial charge >= 0.3 is 0 Å². The second-order valence-corrected chi connectivity index (χ2v) is 6.58. The highest BCUT2D eigenvalue weighted by Gasteiger charge is 2.21. The van der Waals surface area contributed by atoms with Crippen LogP contribution in [0.5, 0.6) is 0 Å². The van der Waals surface area contributed by atoms with Crippen LogP contribution in [-0.2, 0) is 19.0 Å². The minimum atomic E-state index is 0.0559. The molecular weight excluding hydrogens is 250 g/mol. The normalized spacial score (nSPS) is 12.2. The molecule has 0 aliphatic rings. The van der Waals surface area contributed by atoms with Gasteiger partial charge in [0, 0.05) is 43.0 Å². The zero-order valence-electron chi connectivity index (χ0n) is 13.3. The van der Waals surface area contributed by atoms with E-state index in [9.17, 15) is 0 Å². The van der Waals surface area contributed by atoms with Crippen molar-refractivity contribution in [3.8, 4) is 0 Å². The van der Waals surface area contributed by atoms with Gasteiger partial charge in [-0.2, -0.15) is 10.2 Å². The van der Waals surface area contributed by atoms with Gasteiger partial charge in [0.05, 0.1) is 17.6 Å². The molecule has 2 rings (SSSR count). The third-order valence-corrected chi connectivity index (χ3v) is 3.23. The van der Waals surface area contributed by atoms with Crippen LogP contribution in [0.15, 0.2) is 18.6 Å². The Bertz CT molecular complexity index is 571. The molecule has 0 saturated carbocycles. The standard InChI is InChI=1S/C15H25N5/c1-11(2)20-10-13(8-17-20)16-7-12-9-19(6)18-14(12)15(3,4)5/h8-11,16H,7H2,1-6H3. The average molecular weight is 275 g/mol. The molecule has 20 heavy (non-hydrogen) atoms. The maximum absolute atomic E-state index is 4.58. The molecule has 0 aliphatic heterocycles. The van der Waals surface area contributed by atoms with Crippen molar-refractivity contribution in [2.75, 3.05) is 5.32 Å². The van der Waals surface area contributed by atoms with Gasteiger partial charge in [-0.05, 0) is 13.8 Å². The highest BCUT2D eigenvalue weighted by molar-refractivity contribution is 5.40. The van der Waals surface area contributed by atoms with E-state index in [1.165, 1.54) is 5.56 Å². The summed E-state index contributed by atoms with van der Waals surface area (Å²) in [7, 11) is 1.97. The number of nitrogens with one attached hydrogen (secondary N) is 1. The second kappa shape index (κ2) is 5.31. The summed E-state index contributed by atoms with van der Waals surface area (Å²) in [4.78, 5) is 0. The Kier molecular flexibility index (Phi) is 3.88. The van der Waals surface area contributed by atoms with E-state index in [0.29, 0.717) is 6.04 Å². The molecule has 0 unspecified atom stereocenters. The lowest BCUT2D eigenvalue weighted by atomic mass is 9.89. The predicted molar refractivity (Wildman–Crippen MR) is 81.8 cm³/mol.